The molecule has 1 heteroatoms. The van der Waals surface area contributed by atoms with Crippen molar-refractivity contribution >= 4 is 27.8 Å². The molecule has 0 atom stereocenters. The predicted molar refractivity (Wildman–Crippen MR) is 252 cm³/mol. The molecule has 0 radical (unpaired) electrons. The van der Waals surface area contributed by atoms with Crippen molar-refractivity contribution in [1.29, 1.82) is 0 Å². The molecule has 0 bridgehead atoms. The van der Waals surface area contributed by atoms with Gasteiger partial charge >= 0.3 is 0 Å². The summed E-state index contributed by atoms with van der Waals surface area (Å²) in [5.74, 6) is 0. The molecule has 0 saturated heterocycles. The number of benzene rings is 10. The average Bonchev–Trinajstić information content (AvgIpc) is 3.64. The van der Waals surface area contributed by atoms with Crippen LogP contribution in [0.3, 0.4) is 0 Å². The first-order chi connectivity index (χ1) is 29.8. The first-order valence-corrected chi connectivity index (χ1v) is 20.8. The van der Waals surface area contributed by atoms with E-state index in [-0.39, 0.29) is 0 Å². The van der Waals surface area contributed by atoms with Crippen molar-refractivity contribution in [1.82, 2.24) is 0 Å². The second kappa shape index (κ2) is 14.9. The molecule has 0 aliphatic heterocycles. The molecule has 60 heavy (non-hydrogen) atoms. The number of hydrogen-bond acceptors (Lipinski definition) is 1. The summed E-state index contributed by atoms with van der Waals surface area (Å²) in [5, 5.41) is 2.49. The van der Waals surface area contributed by atoms with Gasteiger partial charge in [0.1, 0.15) is 0 Å². The highest BCUT2D eigenvalue weighted by atomic mass is 15.1. The van der Waals surface area contributed by atoms with E-state index in [0.717, 1.165) is 17.1 Å². The Morgan fingerprint density at radius 2 is 0.817 bits per heavy atom. The van der Waals surface area contributed by atoms with E-state index in [4.69, 9.17) is 0 Å². The van der Waals surface area contributed by atoms with E-state index in [1.165, 1.54) is 77.5 Å². The lowest BCUT2D eigenvalue weighted by atomic mass is 9.68. The molecule has 1 aliphatic carbocycles. The number of fused-ring (bicyclic) bond motifs is 4. The fourth-order valence-electron chi connectivity index (χ4n) is 9.68. The van der Waals surface area contributed by atoms with Crippen LogP contribution in [0.15, 0.2) is 249 Å². The van der Waals surface area contributed by atoms with Gasteiger partial charge in [-0.05, 0) is 108 Å². The van der Waals surface area contributed by atoms with Crippen molar-refractivity contribution in [2.75, 3.05) is 4.90 Å². The molecule has 0 aromatic heterocycles. The Morgan fingerprint density at radius 1 is 0.283 bits per heavy atom. The van der Waals surface area contributed by atoms with Crippen molar-refractivity contribution in [3.05, 3.63) is 271 Å². The third kappa shape index (κ3) is 5.86. The van der Waals surface area contributed by atoms with Gasteiger partial charge in [-0.25, -0.2) is 0 Å². The summed E-state index contributed by atoms with van der Waals surface area (Å²) >= 11 is 0. The van der Waals surface area contributed by atoms with Crippen LogP contribution in [0.5, 0.6) is 0 Å². The number of nitrogens with zero attached hydrogens (tertiary/aromatic N) is 1. The van der Waals surface area contributed by atoms with Gasteiger partial charge in [0, 0.05) is 16.9 Å². The first kappa shape index (κ1) is 35.4. The Kier molecular flexibility index (Phi) is 8.79. The highest BCUT2D eigenvalue weighted by molar-refractivity contribution is 5.98. The Bertz CT molecular complexity index is 3090. The molecule has 0 amide bonds. The van der Waals surface area contributed by atoms with Crippen molar-refractivity contribution in [2.24, 2.45) is 0 Å². The minimum Gasteiger partial charge on any atom is -0.310 e. The standard InChI is InChI=1S/C59H41N/c1-4-19-44(20-5-1)52-28-12-13-29-53(52)47-22-16-27-51(41-47)60(50-38-36-43(37-39-50)46-35-34-42-18-10-11-21-45(42)40-46)57-33-17-32-56-58(57)54-30-14-15-31-55(54)59(56,48-23-6-2-7-24-48)49-25-8-3-9-26-49/h1-41H. The van der Waals surface area contributed by atoms with Gasteiger partial charge in [0.2, 0.25) is 0 Å². The molecular formula is C59H41N. The first-order valence-electron chi connectivity index (χ1n) is 20.8. The lowest BCUT2D eigenvalue weighted by Gasteiger charge is -2.34. The molecule has 1 nitrogen and oxygen atoms in total. The van der Waals surface area contributed by atoms with Crippen LogP contribution in [0.25, 0.3) is 55.3 Å². The molecule has 0 N–H and O–H groups in total. The van der Waals surface area contributed by atoms with Crippen LogP contribution < -0.4 is 4.90 Å². The summed E-state index contributed by atoms with van der Waals surface area (Å²) in [6.45, 7) is 0. The lowest BCUT2D eigenvalue weighted by Crippen LogP contribution is -2.28. The molecule has 10 aromatic carbocycles. The van der Waals surface area contributed by atoms with E-state index in [1.54, 1.807) is 0 Å². The average molecular weight is 764 g/mol. The van der Waals surface area contributed by atoms with Gasteiger partial charge in [0.25, 0.3) is 0 Å². The smallest absolute Gasteiger partial charge is 0.0714 e. The number of rotatable bonds is 8. The van der Waals surface area contributed by atoms with E-state index in [0.29, 0.717) is 0 Å². The highest BCUT2D eigenvalue weighted by Crippen LogP contribution is 2.59. The number of hydrogen-bond donors (Lipinski definition) is 0. The van der Waals surface area contributed by atoms with E-state index < -0.39 is 5.41 Å². The quantitative estimate of drug-likeness (QED) is 0.149. The van der Waals surface area contributed by atoms with Crippen molar-refractivity contribution in [3.8, 4) is 44.5 Å². The second-order valence-corrected chi connectivity index (χ2v) is 15.6. The van der Waals surface area contributed by atoms with Gasteiger partial charge in [0.15, 0.2) is 0 Å². The van der Waals surface area contributed by atoms with E-state index in [9.17, 15) is 0 Å². The van der Waals surface area contributed by atoms with Gasteiger partial charge < -0.3 is 4.90 Å². The Labute approximate surface area is 352 Å². The fraction of sp³-hybridized carbons (Fsp3) is 0.0169. The zero-order valence-corrected chi connectivity index (χ0v) is 33.1. The molecule has 10 aromatic rings. The zero-order valence-electron chi connectivity index (χ0n) is 33.1. The molecule has 0 spiro atoms. The van der Waals surface area contributed by atoms with Gasteiger partial charge in [-0.15, -0.1) is 0 Å². The Morgan fingerprint density at radius 3 is 1.53 bits per heavy atom. The van der Waals surface area contributed by atoms with Crippen LogP contribution >= 0.6 is 0 Å². The summed E-state index contributed by atoms with van der Waals surface area (Å²) in [6.07, 6.45) is 0. The van der Waals surface area contributed by atoms with Crippen molar-refractivity contribution in [2.45, 2.75) is 5.41 Å². The van der Waals surface area contributed by atoms with Gasteiger partial charge in [-0.3, -0.25) is 0 Å². The molecule has 11 rings (SSSR count). The van der Waals surface area contributed by atoms with Crippen LogP contribution in [0.2, 0.25) is 0 Å². The van der Waals surface area contributed by atoms with Crippen LogP contribution in [-0.2, 0) is 5.41 Å². The van der Waals surface area contributed by atoms with E-state index >= 15 is 0 Å². The molecule has 0 unspecified atom stereocenters. The third-order valence-electron chi connectivity index (χ3n) is 12.3. The summed E-state index contributed by atoms with van der Waals surface area (Å²) in [4.78, 5) is 2.47. The minimum absolute atomic E-state index is 0.507. The van der Waals surface area contributed by atoms with Crippen LogP contribution in [0.1, 0.15) is 22.3 Å². The van der Waals surface area contributed by atoms with Gasteiger partial charge in [-0.2, -0.15) is 0 Å². The van der Waals surface area contributed by atoms with Crippen molar-refractivity contribution < 1.29 is 0 Å². The lowest BCUT2D eigenvalue weighted by molar-refractivity contribution is 0.768. The summed E-state index contributed by atoms with van der Waals surface area (Å²) in [6, 6.07) is 91.0. The molecule has 1 aliphatic rings. The largest absolute Gasteiger partial charge is 0.310 e. The fourth-order valence-corrected chi connectivity index (χ4v) is 9.68. The van der Waals surface area contributed by atoms with Gasteiger partial charge in [0.05, 0.1) is 11.1 Å². The highest BCUT2D eigenvalue weighted by Gasteiger charge is 2.47. The molecule has 0 heterocycles. The van der Waals surface area contributed by atoms with Crippen molar-refractivity contribution in [3.63, 3.8) is 0 Å². The SMILES string of the molecule is c1ccc(-c2ccccc2-c2cccc(N(c3ccc(-c4ccc5ccccc5c4)cc3)c3cccc4c3-c3ccccc3C4(c3ccccc3)c3ccccc3)c2)cc1. The van der Waals surface area contributed by atoms with Crippen LogP contribution in [-0.4, -0.2) is 0 Å². The third-order valence-corrected chi connectivity index (χ3v) is 12.3. The van der Waals surface area contributed by atoms with Crippen LogP contribution in [0, 0.1) is 0 Å². The monoisotopic (exact) mass is 763 g/mol. The normalized spacial score (nSPS) is 12.5. The van der Waals surface area contributed by atoms with Crippen LogP contribution in [0.4, 0.5) is 17.1 Å². The maximum atomic E-state index is 2.47. The molecule has 282 valence electrons. The Hall–Kier alpha value is -7.74. The van der Waals surface area contributed by atoms with E-state index in [2.05, 4.69) is 254 Å². The topological polar surface area (TPSA) is 3.24 Å². The zero-order chi connectivity index (χ0) is 39.9. The second-order valence-electron chi connectivity index (χ2n) is 15.6. The Balaban J connectivity index is 1.14. The minimum atomic E-state index is -0.507. The molecule has 0 fully saturated rings. The van der Waals surface area contributed by atoms with Gasteiger partial charge in [-0.1, -0.05) is 212 Å². The number of anilines is 3. The predicted octanol–water partition coefficient (Wildman–Crippen LogP) is 15.7. The maximum absolute atomic E-state index is 2.47. The summed E-state index contributed by atoms with van der Waals surface area (Å²) in [7, 11) is 0. The van der Waals surface area contributed by atoms with E-state index in [1.807, 2.05) is 0 Å². The maximum Gasteiger partial charge on any atom is 0.0714 e. The molecular weight excluding hydrogens is 723 g/mol. The molecule has 0 saturated carbocycles. The summed E-state index contributed by atoms with van der Waals surface area (Å²) in [5.41, 5.74) is 17.6. The summed E-state index contributed by atoms with van der Waals surface area (Å²) < 4.78 is 0.